The predicted octanol–water partition coefficient (Wildman–Crippen LogP) is 3.79. The van der Waals surface area contributed by atoms with Gasteiger partial charge in [-0.15, -0.1) is 0 Å². The van der Waals surface area contributed by atoms with Crippen molar-refractivity contribution in [1.29, 1.82) is 0 Å². The van der Waals surface area contributed by atoms with E-state index in [0.717, 1.165) is 10.9 Å². The number of hydrogen-bond donors (Lipinski definition) is 0. The molecule has 102 valence electrons. The predicted molar refractivity (Wildman–Crippen MR) is 73.2 cm³/mol. The number of nitrogens with zero attached hydrogens (tertiary/aromatic N) is 1. The van der Waals surface area contributed by atoms with Gasteiger partial charge in [0.1, 0.15) is 5.75 Å². The van der Waals surface area contributed by atoms with Crippen LogP contribution in [0.15, 0.2) is 36.5 Å². The fourth-order valence-corrected chi connectivity index (χ4v) is 2.83. The van der Waals surface area contributed by atoms with Crippen LogP contribution in [0.25, 0.3) is 10.9 Å². The Morgan fingerprint density at radius 2 is 1.89 bits per heavy atom. The number of phosphoric ester groups is 1. The molecule has 19 heavy (non-hydrogen) atoms. The van der Waals surface area contributed by atoms with E-state index in [2.05, 4.69) is 4.98 Å². The fraction of sp³-hybridized carbons (Fsp3) is 0.308. The zero-order valence-corrected chi connectivity index (χ0v) is 11.8. The van der Waals surface area contributed by atoms with Crippen LogP contribution in [0.1, 0.15) is 13.8 Å². The number of aromatic nitrogens is 1. The zero-order chi connectivity index (χ0) is 13.7. The summed E-state index contributed by atoms with van der Waals surface area (Å²) >= 11 is 0. The van der Waals surface area contributed by atoms with Gasteiger partial charge in [0.25, 0.3) is 0 Å². The number of rotatable bonds is 6. The summed E-state index contributed by atoms with van der Waals surface area (Å²) in [5.41, 5.74) is 0.845. The van der Waals surface area contributed by atoms with Gasteiger partial charge >= 0.3 is 7.82 Å². The average molecular weight is 281 g/mol. The molecule has 0 unspecified atom stereocenters. The lowest BCUT2D eigenvalue weighted by Crippen LogP contribution is -2.02. The summed E-state index contributed by atoms with van der Waals surface area (Å²) in [6, 6.07) is 8.98. The van der Waals surface area contributed by atoms with E-state index in [0.29, 0.717) is 5.75 Å². The van der Waals surface area contributed by atoms with E-state index in [4.69, 9.17) is 13.6 Å². The molecule has 6 heteroatoms. The normalized spacial score (nSPS) is 11.7. The van der Waals surface area contributed by atoms with E-state index in [-0.39, 0.29) is 13.2 Å². The highest BCUT2D eigenvalue weighted by atomic mass is 31.2. The van der Waals surface area contributed by atoms with Crippen LogP contribution in [-0.2, 0) is 13.6 Å². The molecule has 2 rings (SSSR count). The van der Waals surface area contributed by atoms with Crippen LogP contribution in [-0.4, -0.2) is 18.2 Å². The SMILES string of the molecule is CCOP(=O)(OCC)Oc1ccc2ncccc2c1. The summed E-state index contributed by atoms with van der Waals surface area (Å²) in [6.45, 7) is 3.98. The standard InChI is InChI=1S/C13H16NO4P/c1-3-16-19(15,17-4-2)18-12-7-8-13-11(10-12)6-5-9-14-13/h5-10H,3-4H2,1-2H3. The van der Waals surface area contributed by atoms with Crippen LogP contribution in [0.4, 0.5) is 0 Å². The topological polar surface area (TPSA) is 57.7 Å². The molecular weight excluding hydrogens is 265 g/mol. The second-order valence-electron chi connectivity index (χ2n) is 3.73. The Morgan fingerprint density at radius 3 is 2.58 bits per heavy atom. The number of pyridine rings is 1. The summed E-state index contributed by atoms with van der Waals surface area (Å²) in [4.78, 5) is 4.20. The summed E-state index contributed by atoms with van der Waals surface area (Å²) in [5.74, 6) is 0.436. The molecule has 1 aromatic heterocycles. The molecule has 1 aromatic carbocycles. The number of fused-ring (bicyclic) bond motifs is 1. The van der Waals surface area contributed by atoms with Crippen LogP contribution >= 0.6 is 7.82 Å². The lowest BCUT2D eigenvalue weighted by Gasteiger charge is -2.17. The first-order valence-corrected chi connectivity index (χ1v) is 7.56. The lowest BCUT2D eigenvalue weighted by atomic mass is 10.2. The van der Waals surface area contributed by atoms with Crippen molar-refractivity contribution in [2.24, 2.45) is 0 Å². The molecule has 0 aliphatic heterocycles. The van der Waals surface area contributed by atoms with Crippen molar-refractivity contribution in [2.75, 3.05) is 13.2 Å². The Balaban J connectivity index is 2.26. The van der Waals surface area contributed by atoms with E-state index in [1.165, 1.54) is 0 Å². The third-order valence-corrected chi connectivity index (χ3v) is 3.95. The summed E-state index contributed by atoms with van der Waals surface area (Å²) in [7, 11) is -3.54. The van der Waals surface area contributed by atoms with Crippen LogP contribution in [0.5, 0.6) is 5.75 Å². The lowest BCUT2D eigenvalue weighted by molar-refractivity contribution is 0.167. The second kappa shape index (κ2) is 6.15. The third kappa shape index (κ3) is 3.53. The molecule has 0 aliphatic rings. The first kappa shape index (κ1) is 14.0. The van der Waals surface area contributed by atoms with Gasteiger partial charge in [-0.25, -0.2) is 4.57 Å². The summed E-state index contributed by atoms with van der Waals surface area (Å²) in [5, 5.41) is 0.902. The van der Waals surface area contributed by atoms with Crippen molar-refractivity contribution in [2.45, 2.75) is 13.8 Å². The minimum absolute atomic E-state index is 0.256. The number of phosphoric acid groups is 1. The van der Waals surface area contributed by atoms with Crippen LogP contribution in [0.3, 0.4) is 0 Å². The van der Waals surface area contributed by atoms with Gasteiger partial charge < -0.3 is 4.52 Å². The van der Waals surface area contributed by atoms with Gasteiger partial charge in [-0.2, -0.15) is 0 Å². The Bertz CT molecular complexity index is 592. The molecule has 0 N–H and O–H groups in total. The van der Waals surface area contributed by atoms with Crippen molar-refractivity contribution in [3.05, 3.63) is 36.5 Å². The third-order valence-electron chi connectivity index (χ3n) is 2.37. The maximum atomic E-state index is 12.2. The minimum Gasteiger partial charge on any atom is -0.404 e. The van der Waals surface area contributed by atoms with Crippen LogP contribution < -0.4 is 4.52 Å². The second-order valence-corrected chi connectivity index (χ2v) is 5.33. The average Bonchev–Trinajstić information content (AvgIpc) is 2.39. The molecule has 0 atom stereocenters. The zero-order valence-electron chi connectivity index (χ0n) is 10.9. The Hall–Kier alpha value is -1.42. The first-order valence-electron chi connectivity index (χ1n) is 6.10. The quantitative estimate of drug-likeness (QED) is 0.754. The monoisotopic (exact) mass is 281 g/mol. The first-order chi connectivity index (χ1) is 9.17. The molecule has 0 spiro atoms. The van der Waals surface area contributed by atoms with E-state index >= 15 is 0 Å². The highest BCUT2D eigenvalue weighted by Crippen LogP contribution is 2.49. The largest absolute Gasteiger partial charge is 0.530 e. The molecule has 0 amide bonds. The maximum Gasteiger partial charge on any atom is 0.530 e. The van der Waals surface area contributed by atoms with Crippen molar-refractivity contribution in [1.82, 2.24) is 4.98 Å². The molecular formula is C13H16NO4P. The van der Waals surface area contributed by atoms with Gasteiger partial charge in [0, 0.05) is 11.6 Å². The smallest absolute Gasteiger partial charge is 0.404 e. The van der Waals surface area contributed by atoms with Crippen molar-refractivity contribution >= 4 is 18.7 Å². The summed E-state index contributed by atoms with van der Waals surface area (Å²) in [6.07, 6.45) is 1.72. The number of hydrogen-bond acceptors (Lipinski definition) is 5. The van der Waals surface area contributed by atoms with E-state index in [1.54, 1.807) is 38.2 Å². The van der Waals surface area contributed by atoms with E-state index < -0.39 is 7.82 Å². The molecule has 0 aliphatic carbocycles. The van der Waals surface area contributed by atoms with Gasteiger partial charge in [-0.3, -0.25) is 14.0 Å². The Kier molecular flexibility index (Phi) is 4.53. The highest BCUT2D eigenvalue weighted by Gasteiger charge is 2.27. The van der Waals surface area contributed by atoms with Gasteiger partial charge in [-0.1, -0.05) is 6.07 Å². The van der Waals surface area contributed by atoms with Crippen LogP contribution in [0, 0.1) is 0 Å². The Morgan fingerprint density at radius 1 is 1.16 bits per heavy atom. The van der Waals surface area contributed by atoms with Gasteiger partial charge in [0.15, 0.2) is 0 Å². The Labute approximate surface area is 112 Å². The molecule has 0 saturated carbocycles. The molecule has 5 nitrogen and oxygen atoms in total. The van der Waals surface area contributed by atoms with E-state index in [1.807, 2.05) is 12.1 Å². The molecule has 2 aromatic rings. The minimum atomic E-state index is -3.54. The fourth-order valence-electron chi connectivity index (χ4n) is 1.65. The number of benzene rings is 1. The van der Waals surface area contributed by atoms with Crippen molar-refractivity contribution < 1.29 is 18.1 Å². The molecule has 0 bridgehead atoms. The van der Waals surface area contributed by atoms with E-state index in [9.17, 15) is 4.57 Å². The summed E-state index contributed by atoms with van der Waals surface area (Å²) < 4.78 is 27.8. The molecule has 0 saturated heterocycles. The van der Waals surface area contributed by atoms with Crippen LogP contribution in [0.2, 0.25) is 0 Å². The van der Waals surface area contributed by atoms with Gasteiger partial charge in [0.2, 0.25) is 0 Å². The van der Waals surface area contributed by atoms with Gasteiger partial charge in [-0.05, 0) is 38.1 Å². The highest BCUT2D eigenvalue weighted by molar-refractivity contribution is 7.48. The van der Waals surface area contributed by atoms with Crippen molar-refractivity contribution in [3.8, 4) is 5.75 Å². The van der Waals surface area contributed by atoms with Crippen molar-refractivity contribution in [3.63, 3.8) is 0 Å². The maximum absolute atomic E-state index is 12.2. The molecule has 0 radical (unpaired) electrons. The molecule has 0 fully saturated rings. The molecule has 1 heterocycles. The van der Waals surface area contributed by atoms with Gasteiger partial charge in [0.05, 0.1) is 18.7 Å².